The molecule has 0 aromatic carbocycles. The van der Waals surface area contributed by atoms with E-state index in [1.807, 2.05) is 0 Å². The minimum absolute atomic E-state index is 0.195. The first-order valence-corrected chi connectivity index (χ1v) is 6.14. The molecule has 16 heavy (non-hydrogen) atoms. The SMILES string of the molecule is CSCC[C@@H](C(=O)O)N1C(=O)CC(O)C1=O. The van der Waals surface area contributed by atoms with E-state index in [-0.39, 0.29) is 12.8 Å². The number of thioether (sulfide) groups is 1. The van der Waals surface area contributed by atoms with Crippen molar-refractivity contribution in [1.82, 2.24) is 4.90 Å². The number of hydrogen-bond donors (Lipinski definition) is 2. The van der Waals surface area contributed by atoms with Crippen molar-refractivity contribution in [2.75, 3.05) is 12.0 Å². The zero-order chi connectivity index (χ0) is 12.3. The molecule has 1 saturated heterocycles. The Labute approximate surface area is 96.6 Å². The third-order valence-corrected chi connectivity index (χ3v) is 3.00. The lowest BCUT2D eigenvalue weighted by molar-refractivity contribution is -0.155. The number of carbonyl (C=O) groups excluding carboxylic acids is 2. The molecule has 0 aromatic rings. The van der Waals surface area contributed by atoms with Crippen LogP contribution in [0.2, 0.25) is 0 Å². The standard InChI is InChI=1S/C9H13NO5S/c1-16-3-2-5(9(14)15)10-7(12)4-6(11)8(10)13/h5-6,11H,2-4H2,1H3,(H,14,15)/t5-,6?/m0/s1. The second-order valence-electron chi connectivity index (χ2n) is 3.46. The van der Waals surface area contributed by atoms with Gasteiger partial charge < -0.3 is 10.2 Å². The molecule has 2 N–H and O–H groups in total. The number of nitrogens with zero attached hydrogens (tertiary/aromatic N) is 1. The van der Waals surface area contributed by atoms with Gasteiger partial charge in [-0.3, -0.25) is 14.5 Å². The Morgan fingerprint density at radius 2 is 2.25 bits per heavy atom. The Morgan fingerprint density at radius 3 is 2.62 bits per heavy atom. The molecule has 7 heteroatoms. The van der Waals surface area contributed by atoms with Crippen LogP contribution < -0.4 is 0 Å². The molecule has 2 amide bonds. The maximum absolute atomic E-state index is 11.4. The van der Waals surface area contributed by atoms with E-state index in [2.05, 4.69) is 0 Å². The number of hydrogen-bond acceptors (Lipinski definition) is 5. The van der Waals surface area contributed by atoms with Gasteiger partial charge in [0, 0.05) is 0 Å². The zero-order valence-corrected chi connectivity index (χ0v) is 9.57. The van der Waals surface area contributed by atoms with E-state index in [1.54, 1.807) is 6.26 Å². The molecule has 1 rings (SSSR count). The van der Waals surface area contributed by atoms with Crippen LogP contribution in [-0.4, -0.2) is 57.1 Å². The average Bonchev–Trinajstić information content (AvgIpc) is 2.44. The summed E-state index contributed by atoms with van der Waals surface area (Å²) in [6.07, 6.45) is 0.299. The van der Waals surface area contributed by atoms with Crippen LogP contribution >= 0.6 is 11.8 Å². The minimum atomic E-state index is -1.39. The van der Waals surface area contributed by atoms with Crippen molar-refractivity contribution in [3.8, 4) is 0 Å². The van der Waals surface area contributed by atoms with Crippen molar-refractivity contribution in [2.45, 2.75) is 25.0 Å². The van der Waals surface area contributed by atoms with E-state index in [1.165, 1.54) is 11.8 Å². The first-order valence-electron chi connectivity index (χ1n) is 4.74. The second kappa shape index (κ2) is 5.31. The van der Waals surface area contributed by atoms with E-state index in [9.17, 15) is 19.5 Å². The molecular weight excluding hydrogens is 234 g/mol. The number of likely N-dealkylation sites (tertiary alicyclic amines) is 1. The molecule has 90 valence electrons. The third-order valence-electron chi connectivity index (χ3n) is 2.35. The van der Waals surface area contributed by atoms with E-state index < -0.39 is 29.9 Å². The first-order chi connectivity index (χ1) is 7.49. The molecule has 0 aliphatic carbocycles. The van der Waals surface area contributed by atoms with Gasteiger partial charge in [0.25, 0.3) is 5.91 Å². The van der Waals surface area contributed by atoms with Crippen LogP contribution in [0.3, 0.4) is 0 Å². The van der Waals surface area contributed by atoms with Crippen LogP contribution in [0.4, 0.5) is 0 Å². The Balaban J connectivity index is 2.81. The highest BCUT2D eigenvalue weighted by atomic mass is 32.2. The summed E-state index contributed by atoms with van der Waals surface area (Å²) < 4.78 is 0. The van der Waals surface area contributed by atoms with Crippen LogP contribution in [0, 0.1) is 0 Å². The van der Waals surface area contributed by atoms with Crippen molar-refractivity contribution >= 4 is 29.5 Å². The lowest BCUT2D eigenvalue weighted by Gasteiger charge is -2.22. The summed E-state index contributed by atoms with van der Waals surface area (Å²) in [6.45, 7) is 0. The Hall–Kier alpha value is -1.08. The number of carboxylic acids is 1. The van der Waals surface area contributed by atoms with Gasteiger partial charge in [-0.15, -0.1) is 0 Å². The van der Waals surface area contributed by atoms with E-state index in [4.69, 9.17) is 5.11 Å². The molecule has 6 nitrogen and oxygen atoms in total. The second-order valence-corrected chi connectivity index (χ2v) is 4.44. The average molecular weight is 247 g/mol. The summed E-state index contributed by atoms with van der Waals surface area (Å²) in [7, 11) is 0. The van der Waals surface area contributed by atoms with Crippen LogP contribution in [0.25, 0.3) is 0 Å². The van der Waals surface area contributed by atoms with Gasteiger partial charge in [-0.1, -0.05) is 0 Å². The molecule has 0 radical (unpaired) electrons. The van der Waals surface area contributed by atoms with Gasteiger partial charge in [-0.25, -0.2) is 4.79 Å². The minimum Gasteiger partial charge on any atom is -0.480 e. The fourth-order valence-corrected chi connectivity index (χ4v) is 2.01. The van der Waals surface area contributed by atoms with Crippen molar-refractivity contribution in [2.24, 2.45) is 0 Å². The van der Waals surface area contributed by atoms with Gasteiger partial charge in [0.1, 0.15) is 12.1 Å². The fraction of sp³-hybridized carbons (Fsp3) is 0.667. The van der Waals surface area contributed by atoms with Crippen LogP contribution in [0.15, 0.2) is 0 Å². The fourth-order valence-electron chi connectivity index (χ4n) is 1.55. The predicted octanol–water partition coefficient (Wildman–Crippen LogP) is -0.688. The van der Waals surface area contributed by atoms with Gasteiger partial charge in [0.15, 0.2) is 0 Å². The molecular formula is C9H13NO5S. The number of aliphatic hydroxyl groups excluding tert-OH is 1. The molecule has 2 atom stereocenters. The van der Waals surface area contributed by atoms with Crippen LogP contribution in [-0.2, 0) is 14.4 Å². The molecule has 0 spiro atoms. The topological polar surface area (TPSA) is 94.9 Å². The van der Waals surface area contributed by atoms with E-state index in [0.29, 0.717) is 10.7 Å². The van der Waals surface area contributed by atoms with Gasteiger partial charge in [0.05, 0.1) is 6.42 Å². The van der Waals surface area contributed by atoms with Crippen LogP contribution in [0.5, 0.6) is 0 Å². The maximum atomic E-state index is 11.4. The number of imide groups is 1. The van der Waals surface area contributed by atoms with Crippen molar-refractivity contribution < 1.29 is 24.6 Å². The molecule has 0 bridgehead atoms. The number of aliphatic carboxylic acids is 1. The quantitative estimate of drug-likeness (QED) is 0.625. The molecule has 1 unspecified atom stereocenters. The van der Waals surface area contributed by atoms with Crippen molar-refractivity contribution in [3.05, 3.63) is 0 Å². The molecule has 0 saturated carbocycles. The van der Waals surface area contributed by atoms with Crippen LogP contribution in [0.1, 0.15) is 12.8 Å². The smallest absolute Gasteiger partial charge is 0.326 e. The zero-order valence-electron chi connectivity index (χ0n) is 8.75. The van der Waals surface area contributed by atoms with Gasteiger partial charge in [-0.05, 0) is 18.4 Å². The number of carboxylic acid groups (broad SMARTS) is 1. The lowest BCUT2D eigenvalue weighted by atomic mass is 10.2. The number of aliphatic hydroxyl groups is 1. The highest BCUT2D eigenvalue weighted by molar-refractivity contribution is 7.98. The highest BCUT2D eigenvalue weighted by Gasteiger charge is 2.43. The monoisotopic (exact) mass is 247 g/mol. The Morgan fingerprint density at radius 1 is 1.62 bits per heavy atom. The summed E-state index contributed by atoms with van der Waals surface area (Å²) in [4.78, 5) is 34.4. The molecule has 0 aromatic heterocycles. The first kappa shape index (κ1) is 13.0. The normalized spacial score (nSPS) is 22.6. The maximum Gasteiger partial charge on any atom is 0.326 e. The molecule has 1 aliphatic rings. The lowest BCUT2D eigenvalue weighted by Crippen LogP contribution is -2.46. The predicted molar refractivity (Wildman–Crippen MR) is 56.9 cm³/mol. The summed E-state index contributed by atoms with van der Waals surface area (Å²) in [5.41, 5.74) is 0. The van der Waals surface area contributed by atoms with Gasteiger partial charge >= 0.3 is 5.97 Å². The summed E-state index contributed by atoms with van der Waals surface area (Å²) in [5, 5.41) is 18.1. The third kappa shape index (κ3) is 2.53. The molecule has 1 heterocycles. The number of amides is 2. The summed E-state index contributed by atoms with van der Waals surface area (Å²) in [5.74, 6) is -2.11. The largest absolute Gasteiger partial charge is 0.480 e. The molecule has 1 fully saturated rings. The highest BCUT2D eigenvalue weighted by Crippen LogP contribution is 2.19. The van der Waals surface area contributed by atoms with Gasteiger partial charge in [0.2, 0.25) is 5.91 Å². The number of rotatable bonds is 5. The summed E-state index contributed by atoms with van der Waals surface area (Å²) in [6, 6.07) is -1.16. The Bertz CT molecular complexity index is 319. The summed E-state index contributed by atoms with van der Waals surface area (Å²) >= 11 is 1.43. The van der Waals surface area contributed by atoms with Gasteiger partial charge in [-0.2, -0.15) is 11.8 Å². The van der Waals surface area contributed by atoms with Crippen molar-refractivity contribution in [1.29, 1.82) is 0 Å². The number of carbonyl (C=O) groups is 3. The van der Waals surface area contributed by atoms with E-state index >= 15 is 0 Å². The molecule has 1 aliphatic heterocycles. The van der Waals surface area contributed by atoms with Crippen molar-refractivity contribution in [3.63, 3.8) is 0 Å². The van der Waals surface area contributed by atoms with E-state index in [0.717, 1.165) is 0 Å². The Kier molecular flexibility index (Phi) is 4.31.